The van der Waals surface area contributed by atoms with Crippen molar-refractivity contribution in [3.8, 4) is 11.5 Å². The number of likely N-dealkylation sites (N-methyl/N-ethyl adjacent to an activating group) is 1. The summed E-state index contributed by atoms with van der Waals surface area (Å²) in [7, 11) is -1.82. The summed E-state index contributed by atoms with van der Waals surface area (Å²) in [5, 5.41) is 0.361. The lowest BCUT2D eigenvalue weighted by molar-refractivity contribution is -0.117. The summed E-state index contributed by atoms with van der Waals surface area (Å²) in [6.07, 6.45) is 3.96. The van der Waals surface area contributed by atoms with E-state index in [-0.39, 0.29) is 23.4 Å². The Hall–Kier alpha value is -2.30. The van der Waals surface area contributed by atoms with Crippen molar-refractivity contribution < 1.29 is 18.4 Å². The molecule has 0 aromatic heterocycles. The molecule has 2 aliphatic rings. The van der Waals surface area contributed by atoms with Gasteiger partial charge in [-0.05, 0) is 79.3 Å². The van der Waals surface area contributed by atoms with Gasteiger partial charge in [0.1, 0.15) is 11.5 Å². The van der Waals surface area contributed by atoms with Crippen LogP contribution in [0.1, 0.15) is 79.9 Å². The van der Waals surface area contributed by atoms with E-state index in [2.05, 4.69) is 74.7 Å². The van der Waals surface area contributed by atoms with Crippen LogP contribution in [0.3, 0.4) is 0 Å². The molecule has 0 spiro atoms. The van der Waals surface area contributed by atoms with Crippen molar-refractivity contribution in [1.82, 2.24) is 0 Å². The van der Waals surface area contributed by atoms with Crippen molar-refractivity contribution in [3.05, 3.63) is 47.5 Å². The Balaban J connectivity index is 0.000000354. The number of carbonyl (C=O) groups excluding carboxylic acids is 1. The maximum absolute atomic E-state index is 11.8. The summed E-state index contributed by atoms with van der Waals surface area (Å²) in [6, 6.07) is 11.9. The zero-order valence-electron chi connectivity index (χ0n) is 27.9. The highest BCUT2D eigenvalue weighted by atomic mass is 28.4. The Kier molecular flexibility index (Phi) is 13.4. The van der Waals surface area contributed by atoms with Crippen LogP contribution in [0.5, 0.6) is 11.5 Å². The van der Waals surface area contributed by atoms with Crippen LogP contribution in [-0.2, 0) is 22.4 Å². The molecule has 0 atom stereocenters. The molecule has 0 aliphatic carbocycles. The van der Waals surface area contributed by atoms with Crippen LogP contribution < -0.4 is 19.5 Å². The first-order chi connectivity index (χ1) is 18.8. The first-order valence-electron chi connectivity index (χ1n) is 15.0. The number of amides is 1. The van der Waals surface area contributed by atoms with Crippen LogP contribution in [0.25, 0.3) is 0 Å². The number of ether oxygens (including phenoxy) is 1. The van der Waals surface area contributed by atoms with Gasteiger partial charge in [0, 0.05) is 31.5 Å². The van der Waals surface area contributed by atoms with E-state index in [0.29, 0.717) is 6.42 Å². The number of nitrogens with zero attached hydrogens (tertiary/aromatic N) is 1. The van der Waals surface area contributed by atoms with Gasteiger partial charge in [-0.2, -0.15) is 0 Å². The Bertz CT molecular complexity index is 1160. The van der Waals surface area contributed by atoms with Gasteiger partial charge in [-0.15, -0.1) is 0 Å². The molecular weight excluding hydrogens is 557 g/mol. The largest absolute Gasteiger partial charge is 0.543 e. The Morgan fingerprint density at radius 3 is 1.79 bits per heavy atom. The second-order valence-corrected chi connectivity index (χ2v) is 23.6. The molecule has 238 valence electrons. The summed E-state index contributed by atoms with van der Waals surface area (Å²) >= 11 is 0. The minimum Gasteiger partial charge on any atom is -0.543 e. The molecule has 2 aromatic carbocycles. The zero-order chi connectivity index (χ0) is 31.2. The fraction of sp³-hybridized carbons (Fsp3) is 0.618. The summed E-state index contributed by atoms with van der Waals surface area (Å²) in [4.78, 5) is 13.5. The highest BCUT2D eigenvalue weighted by Gasteiger charge is 2.41. The lowest BCUT2D eigenvalue weighted by atomic mass is 10.1. The van der Waals surface area contributed by atoms with E-state index in [0.717, 1.165) is 53.6 Å². The molecular formula is C34H60N2O4Si2. The van der Waals surface area contributed by atoms with Crippen molar-refractivity contribution in [2.24, 2.45) is 0 Å². The lowest BCUT2D eigenvalue weighted by Gasteiger charge is -2.37. The predicted octanol–water partition coefficient (Wildman–Crippen LogP) is 9.24. The fourth-order valence-electron chi connectivity index (χ4n) is 4.00. The molecule has 2 heterocycles. The van der Waals surface area contributed by atoms with Gasteiger partial charge in [0.25, 0.3) is 8.32 Å². The molecule has 4 rings (SSSR count). The van der Waals surface area contributed by atoms with Crippen molar-refractivity contribution in [2.45, 2.75) is 118 Å². The molecule has 1 saturated heterocycles. The SMILES string of the molecule is C.C1CCOC1.CCc1c(N)cccc1O[Si](C)(C)C(C)(C)C.CN1C(=O)Cc2cccc(O[Si](C)(C)C(C)(C)C)c21. The molecule has 6 nitrogen and oxygen atoms in total. The minimum atomic E-state index is -1.88. The van der Waals surface area contributed by atoms with Gasteiger partial charge < -0.3 is 24.2 Å². The highest BCUT2D eigenvalue weighted by molar-refractivity contribution is 6.75. The molecule has 0 unspecified atom stereocenters. The summed E-state index contributed by atoms with van der Waals surface area (Å²) in [6.45, 7) is 26.5. The Labute approximate surface area is 259 Å². The van der Waals surface area contributed by atoms with Crippen LogP contribution in [0, 0.1) is 0 Å². The minimum absolute atomic E-state index is 0. The number of rotatable bonds is 5. The number of fused-ring (bicyclic) bond motifs is 1. The highest BCUT2D eigenvalue weighted by Crippen LogP contribution is 2.43. The molecule has 0 bridgehead atoms. The zero-order valence-corrected chi connectivity index (χ0v) is 29.9. The van der Waals surface area contributed by atoms with E-state index in [1.807, 2.05) is 43.4 Å². The number of anilines is 2. The van der Waals surface area contributed by atoms with Crippen LogP contribution >= 0.6 is 0 Å². The maximum Gasteiger partial charge on any atom is 0.250 e. The van der Waals surface area contributed by atoms with E-state index in [1.54, 1.807) is 4.90 Å². The topological polar surface area (TPSA) is 74.0 Å². The molecule has 2 N–H and O–H groups in total. The summed E-state index contributed by atoms with van der Waals surface area (Å²) in [5.74, 6) is 1.97. The first-order valence-corrected chi connectivity index (χ1v) is 20.9. The van der Waals surface area contributed by atoms with Gasteiger partial charge in [0.2, 0.25) is 14.2 Å². The third-order valence-corrected chi connectivity index (χ3v) is 17.5. The second-order valence-electron chi connectivity index (χ2n) is 14.1. The van der Waals surface area contributed by atoms with E-state index < -0.39 is 16.6 Å². The van der Waals surface area contributed by atoms with Gasteiger partial charge in [0.15, 0.2) is 0 Å². The fourth-order valence-corrected chi connectivity index (χ4v) is 6.07. The van der Waals surface area contributed by atoms with Crippen molar-refractivity contribution in [2.75, 3.05) is 30.9 Å². The molecule has 0 radical (unpaired) electrons. The number of hydrogen-bond acceptors (Lipinski definition) is 5. The molecule has 0 saturated carbocycles. The number of nitrogens with two attached hydrogens (primary N) is 1. The average Bonchev–Trinajstić information content (AvgIpc) is 3.51. The normalized spacial score (nSPS) is 15.0. The van der Waals surface area contributed by atoms with Crippen LogP contribution in [0.15, 0.2) is 36.4 Å². The number of para-hydroxylation sites is 1. The van der Waals surface area contributed by atoms with Crippen molar-refractivity contribution >= 4 is 33.9 Å². The molecule has 2 aromatic rings. The van der Waals surface area contributed by atoms with E-state index in [9.17, 15) is 4.79 Å². The van der Waals surface area contributed by atoms with E-state index >= 15 is 0 Å². The second kappa shape index (κ2) is 14.9. The third-order valence-electron chi connectivity index (χ3n) is 8.83. The van der Waals surface area contributed by atoms with Gasteiger partial charge in [-0.3, -0.25) is 4.79 Å². The van der Waals surface area contributed by atoms with Crippen molar-refractivity contribution in [1.29, 1.82) is 0 Å². The lowest BCUT2D eigenvalue weighted by Crippen LogP contribution is -2.44. The number of nitrogen functional groups attached to an aromatic ring is 1. The number of carbonyl (C=O) groups is 1. The number of hydrogen-bond donors (Lipinski definition) is 1. The van der Waals surface area contributed by atoms with Gasteiger partial charge in [0.05, 0.1) is 12.1 Å². The van der Waals surface area contributed by atoms with Gasteiger partial charge in [-0.1, -0.05) is 74.1 Å². The van der Waals surface area contributed by atoms with Crippen LogP contribution in [0.4, 0.5) is 11.4 Å². The van der Waals surface area contributed by atoms with Crippen LogP contribution in [-0.4, -0.2) is 42.8 Å². The van der Waals surface area contributed by atoms with Gasteiger partial charge >= 0.3 is 0 Å². The smallest absolute Gasteiger partial charge is 0.250 e. The molecule has 8 heteroatoms. The summed E-state index contributed by atoms with van der Waals surface area (Å²) in [5.41, 5.74) is 10.00. The van der Waals surface area contributed by atoms with E-state index in [4.69, 9.17) is 19.3 Å². The Morgan fingerprint density at radius 2 is 1.33 bits per heavy atom. The van der Waals surface area contributed by atoms with Crippen LogP contribution in [0.2, 0.25) is 36.3 Å². The first kappa shape index (κ1) is 37.7. The summed E-state index contributed by atoms with van der Waals surface area (Å²) < 4.78 is 17.6. The maximum atomic E-state index is 11.8. The van der Waals surface area contributed by atoms with E-state index in [1.165, 1.54) is 12.8 Å². The number of benzene rings is 2. The van der Waals surface area contributed by atoms with Crippen molar-refractivity contribution in [3.63, 3.8) is 0 Å². The van der Waals surface area contributed by atoms with Gasteiger partial charge in [-0.25, -0.2) is 0 Å². The average molecular weight is 617 g/mol. The molecule has 2 aliphatic heterocycles. The Morgan fingerprint density at radius 1 is 0.857 bits per heavy atom. The molecule has 1 fully saturated rings. The molecule has 1 amide bonds. The standard InChI is InChI=1S/C15H23NO2Si.C14H25NOSi.C4H8O.CH4/c1-15(2,3)19(5,6)18-12-9-7-8-11-10-13(17)16(4)14(11)12;1-7-11-12(15)9-8-10-13(11)16-17(5,6)14(2,3)4;1-2-4-5-3-1;/h7-9H,10H2,1-6H3;8-10H,7,15H2,1-6H3;1-4H2;1H4. The predicted molar refractivity (Wildman–Crippen MR) is 186 cm³/mol. The quantitative estimate of drug-likeness (QED) is 0.268. The monoisotopic (exact) mass is 616 g/mol. The molecule has 42 heavy (non-hydrogen) atoms. The third kappa shape index (κ3) is 9.61.